The Labute approximate surface area is 239 Å². The Hall–Kier alpha value is -3.46. The molecule has 0 fully saturated rings. The van der Waals surface area contributed by atoms with Gasteiger partial charge >= 0.3 is 5.97 Å². The Bertz CT molecular complexity index is 1410. The van der Waals surface area contributed by atoms with Crippen molar-refractivity contribution in [3.05, 3.63) is 127 Å². The quantitative estimate of drug-likeness (QED) is 0.202. The van der Waals surface area contributed by atoms with Crippen LogP contribution in [0.2, 0.25) is 0 Å². The first-order valence-corrected chi connectivity index (χ1v) is 16.0. The Morgan fingerprint density at radius 1 is 0.725 bits per heavy atom. The predicted octanol–water partition coefficient (Wildman–Crippen LogP) is 0.850. The zero-order chi connectivity index (χ0) is 28.6. The number of carbonyl (C=O) groups is 1. The number of hydrogen-bond acceptors (Lipinski definition) is 8. The van der Waals surface area contributed by atoms with Gasteiger partial charge in [0.2, 0.25) is 5.69 Å². The summed E-state index contributed by atoms with van der Waals surface area (Å²) in [5.74, 6) is -0.381. The number of hydrogen-bond donors (Lipinski definition) is 0. The van der Waals surface area contributed by atoms with Crippen LogP contribution in [0.4, 0.5) is 0 Å². The third kappa shape index (κ3) is 6.81. The van der Waals surface area contributed by atoms with Gasteiger partial charge in [-0.05, 0) is 43.3 Å². The summed E-state index contributed by atoms with van der Waals surface area (Å²) in [4.78, 5) is 18.3. The highest BCUT2D eigenvalue weighted by molar-refractivity contribution is 8.04. The summed E-state index contributed by atoms with van der Waals surface area (Å²) < 4.78 is 40.5. The van der Waals surface area contributed by atoms with Gasteiger partial charge in [0, 0.05) is 5.56 Å². The van der Waals surface area contributed by atoms with Gasteiger partial charge in [-0.25, -0.2) is 28.4 Å². The maximum absolute atomic E-state index is 13.4. The van der Waals surface area contributed by atoms with E-state index in [0.29, 0.717) is 12.3 Å². The summed E-state index contributed by atoms with van der Waals surface area (Å²) in [5, 5.41) is 4.33. The zero-order valence-electron chi connectivity index (χ0n) is 21.4. The van der Waals surface area contributed by atoms with Gasteiger partial charge in [0.25, 0.3) is 0 Å². The van der Waals surface area contributed by atoms with E-state index in [-0.39, 0.29) is 5.97 Å². The maximum atomic E-state index is 13.4. The fourth-order valence-corrected chi connectivity index (χ4v) is 10.8. The smallest absolute Gasteiger partial charge is 0.362 e. The van der Waals surface area contributed by atoms with Crippen molar-refractivity contribution in [3.63, 3.8) is 0 Å². The average molecular weight is 594 g/mol. The highest BCUT2D eigenvalue weighted by Gasteiger charge is 2.52. The molecule has 0 atom stereocenters. The highest BCUT2D eigenvalue weighted by Crippen LogP contribution is 2.56. The second kappa shape index (κ2) is 13.3. The number of thiazole rings is 1. The molecule has 0 amide bonds. The topological polar surface area (TPSA) is 131 Å². The summed E-state index contributed by atoms with van der Waals surface area (Å²) in [6.45, 7) is 2.12. The predicted molar refractivity (Wildman–Crippen MR) is 148 cm³/mol. The van der Waals surface area contributed by atoms with Crippen LogP contribution < -0.4 is 39.2 Å². The van der Waals surface area contributed by atoms with Crippen molar-refractivity contribution in [2.75, 3.05) is 6.61 Å². The minimum atomic E-state index is -4.94. The molecule has 7 nitrogen and oxygen atoms in total. The molecule has 0 N–H and O–H groups in total. The monoisotopic (exact) mass is 593 g/mol. The van der Waals surface area contributed by atoms with Crippen LogP contribution in [0.15, 0.2) is 121 Å². The van der Waals surface area contributed by atoms with Crippen molar-refractivity contribution >= 4 is 45.1 Å². The normalized spacial score (nSPS) is 11.3. The molecule has 0 aliphatic rings. The Kier molecular flexibility index (Phi) is 9.79. The fraction of sp³-hybridized carbons (Fsp3) is 0.0667. The Balaban J connectivity index is 0.000000681. The van der Waals surface area contributed by atoms with Gasteiger partial charge in [-0.1, -0.05) is 96.3 Å². The number of carbonyl (C=O) groups excluding carboxylic acids is 1. The van der Waals surface area contributed by atoms with Crippen molar-refractivity contribution in [2.45, 2.75) is 6.92 Å². The lowest BCUT2D eigenvalue weighted by Gasteiger charge is -2.26. The van der Waals surface area contributed by atoms with E-state index in [2.05, 4.69) is 72.8 Å². The fourth-order valence-electron chi connectivity index (χ4n) is 4.33. The molecule has 0 aliphatic carbocycles. The lowest BCUT2D eigenvalue weighted by molar-refractivity contribution is -2.00. The van der Waals surface area contributed by atoms with Crippen LogP contribution in [0.25, 0.3) is 10.6 Å². The van der Waals surface area contributed by atoms with Crippen LogP contribution in [0.1, 0.15) is 17.4 Å². The lowest BCUT2D eigenvalue weighted by atomic mass is 10.2. The molecular weight excluding hydrogens is 569 g/mol. The molecule has 40 heavy (non-hydrogen) atoms. The Morgan fingerprint density at radius 2 is 1.10 bits per heavy atom. The molecule has 0 bridgehead atoms. The third-order valence-corrected chi connectivity index (χ3v) is 11.9. The van der Waals surface area contributed by atoms with E-state index in [1.165, 1.54) is 15.9 Å². The van der Waals surface area contributed by atoms with Crippen molar-refractivity contribution in [1.29, 1.82) is 0 Å². The van der Waals surface area contributed by atoms with E-state index in [1.54, 1.807) is 11.3 Å². The summed E-state index contributed by atoms with van der Waals surface area (Å²) in [7, 11) is -7.41. The number of rotatable bonds is 7. The molecule has 0 aliphatic heterocycles. The highest BCUT2D eigenvalue weighted by atomic mass is 35.7. The first-order chi connectivity index (χ1) is 19.2. The molecule has 0 spiro atoms. The standard InChI is InChI=1S/C30H25NO2PS.ClHO4/c1-2-33-29(32)27-30(35-28(31-27)23-15-7-3-8-16-23)34(24-17-9-4-10-18-24,25-19-11-5-12-20-25)26-21-13-6-14-22-26;2-1(3,4)5/h3-22H,2H2,1H3;(H,2,3,4,5)/q+1;/p-1. The first kappa shape index (κ1) is 29.5. The summed E-state index contributed by atoms with van der Waals surface area (Å²) in [6, 6.07) is 41.6. The van der Waals surface area contributed by atoms with Gasteiger partial charge in [0.15, 0.2) is 11.9 Å². The Morgan fingerprint density at radius 3 is 1.48 bits per heavy atom. The van der Waals surface area contributed by atoms with Crippen LogP contribution in [0.3, 0.4) is 0 Å². The molecule has 0 unspecified atom stereocenters. The number of halogens is 1. The summed E-state index contributed by atoms with van der Waals surface area (Å²) in [6.07, 6.45) is 0. The largest absolute Gasteiger partial charge is 0.461 e. The van der Waals surface area contributed by atoms with E-state index < -0.39 is 17.5 Å². The zero-order valence-corrected chi connectivity index (χ0v) is 23.9. The molecule has 0 saturated carbocycles. The van der Waals surface area contributed by atoms with Crippen LogP contribution in [-0.4, -0.2) is 17.6 Å². The van der Waals surface area contributed by atoms with Gasteiger partial charge in [0.05, 0.1) is 6.61 Å². The van der Waals surface area contributed by atoms with Crippen molar-refractivity contribution in [2.24, 2.45) is 0 Å². The van der Waals surface area contributed by atoms with Crippen molar-refractivity contribution in [1.82, 2.24) is 4.98 Å². The molecule has 1 heterocycles. The maximum Gasteiger partial charge on any atom is 0.362 e. The van der Waals surface area contributed by atoms with Crippen molar-refractivity contribution < 1.29 is 38.4 Å². The molecule has 4 aromatic carbocycles. The van der Waals surface area contributed by atoms with Gasteiger partial charge in [-0.3, -0.25) is 0 Å². The molecule has 0 saturated heterocycles. The minimum Gasteiger partial charge on any atom is -0.461 e. The molecule has 204 valence electrons. The summed E-state index contributed by atoms with van der Waals surface area (Å²) >= 11 is 1.60. The van der Waals surface area contributed by atoms with Gasteiger partial charge in [-0.2, -0.15) is 0 Å². The molecular formula is C30H25ClNO6PS. The molecule has 0 radical (unpaired) electrons. The second-order valence-electron chi connectivity index (χ2n) is 8.31. The number of esters is 1. The molecule has 5 aromatic rings. The van der Waals surface area contributed by atoms with Crippen LogP contribution in [0.5, 0.6) is 0 Å². The number of ether oxygens (including phenoxy) is 1. The molecule has 10 heteroatoms. The lowest BCUT2D eigenvalue weighted by Crippen LogP contribution is -2.68. The van der Waals surface area contributed by atoms with E-state index in [4.69, 9.17) is 28.4 Å². The van der Waals surface area contributed by atoms with E-state index in [1.807, 2.05) is 55.5 Å². The van der Waals surface area contributed by atoms with E-state index >= 15 is 0 Å². The van der Waals surface area contributed by atoms with Crippen LogP contribution in [0, 0.1) is 10.2 Å². The van der Waals surface area contributed by atoms with Gasteiger partial charge in [-0.15, -0.1) is 10.2 Å². The minimum absolute atomic E-state index is 0.296. The van der Waals surface area contributed by atoms with Crippen LogP contribution >= 0.6 is 18.6 Å². The van der Waals surface area contributed by atoms with E-state index in [9.17, 15) is 4.79 Å². The molecule has 5 rings (SSSR count). The van der Waals surface area contributed by atoms with Crippen LogP contribution in [-0.2, 0) is 4.74 Å². The second-order valence-corrected chi connectivity index (χ2v) is 13.7. The SMILES string of the molecule is CCOC(=O)c1nc(-c2ccccc2)sc1[P+](c1ccccc1)(c1ccccc1)c1ccccc1.[O-][Cl+3]([O-])([O-])[O-]. The first-order valence-electron chi connectivity index (χ1n) is 12.2. The molecule has 1 aromatic heterocycles. The number of benzene rings is 4. The average Bonchev–Trinajstić information content (AvgIpc) is 3.41. The van der Waals surface area contributed by atoms with E-state index in [0.717, 1.165) is 15.2 Å². The number of nitrogens with zero attached hydrogens (tertiary/aromatic N) is 1. The third-order valence-electron chi connectivity index (χ3n) is 5.83. The summed E-state index contributed by atoms with van der Waals surface area (Å²) in [5.41, 5.74) is 1.39. The number of aromatic nitrogens is 1. The van der Waals surface area contributed by atoms with Crippen molar-refractivity contribution in [3.8, 4) is 10.6 Å². The van der Waals surface area contributed by atoms with Gasteiger partial charge < -0.3 is 4.74 Å². The van der Waals surface area contributed by atoms with Gasteiger partial charge in [0.1, 0.15) is 20.9 Å².